The van der Waals surface area contributed by atoms with Gasteiger partial charge in [0.05, 0.1) is 19.2 Å². The number of hydrogen-bond donors (Lipinski definition) is 0. The SMILES string of the molecule is COc1ccc(Br)cc1Cn1c(=O)oc2cc(Cl)ccc21. The van der Waals surface area contributed by atoms with Gasteiger partial charge in [-0.15, -0.1) is 0 Å². The minimum Gasteiger partial charge on any atom is -0.496 e. The molecule has 4 nitrogen and oxygen atoms in total. The molecule has 1 aromatic heterocycles. The minimum absolute atomic E-state index is 0.357. The van der Waals surface area contributed by atoms with Gasteiger partial charge in [-0.05, 0) is 30.3 Å². The van der Waals surface area contributed by atoms with Crippen LogP contribution in [0.1, 0.15) is 5.56 Å². The molecule has 0 radical (unpaired) electrons. The van der Waals surface area contributed by atoms with E-state index in [-0.39, 0.29) is 0 Å². The van der Waals surface area contributed by atoms with Gasteiger partial charge in [0, 0.05) is 21.1 Å². The van der Waals surface area contributed by atoms with E-state index < -0.39 is 5.76 Å². The Kier molecular flexibility index (Phi) is 3.78. The second-order valence-corrected chi connectivity index (χ2v) is 5.87. The first-order valence-electron chi connectivity index (χ1n) is 6.20. The summed E-state index contributed by atoms with van der Waals surface area (Å²) in [6, 6.07) is 10.8. The van der Waals surface area contributed by atoms with Crippen molar-refractivity contribution in [1.82, 2.24) is 4.57 Å². The number of hydrogen-bond acceptors (Lipinski definition) is 3. The Hall–Kier alpha value is -1.72. The molecule has 0 aliphatic heterocycles. The number of rotatable bonds is 3. The fraction of sp³-hybridized carbons (Fsp3) is 0.133. The van der Waals surface area contributed by atoms with Gasteiger partial charge < -0.3 is 9.15 Å². The van der Waals surface area contributed by atoms with Gasteiger partial charge in [-0.1, -0.05) is 27.5 Å². The fourth-order valence-electron chi connectivity index (χ4n) is 2.23. The number of oxazole rings is 1. The zero-order valence-corrected chi connectivity index (χ0v) is 13.4. The molecule has 3 rings (SSSR count). The quantitative estimate of drug-likeness (QED) is 0.700. The summed E-state index contributed by atoms with van der Waals surface area (Å²) >= 11 is 9.33. The van der Waals surface area contributed by atoms with Crippen molar-refractivity contribution in [1.29, 1.82) is 0 Å². The monoisotopic (exact) mass is 367 g/mol. The smallest absolute Gasteiger partial charge is 0.420 e. The molecule has 0 saturated heterocycles. The Morgan fingerprint density at radius 3 is 2.86 bits per heavy atom. The highest BCUT2D eigenvalue weighted by Gasteiger charge is 2.12. The van der Waals surface area contributed by atoms with Crippen LogP contribution in [0, 0.1) is 0 Å². The van der Waals surface area contributed by atoms with Crippen LogP contribution in [0.15, 0.2) is 50.1 Å². The lowest BCUT2D eigenvalue weighted by Crippen LogP contribution is -2.15. The number of fused-ring (bicyclic) bond motifs is 1. The van der Waals surface area contributed by atoms with Gasteiger partial charge in [-0.2, -0.15) is 0 Å². The molecule has 0 aliphatic carbocycles. The zero-order chi connectivity index (χ0) is 15.0. The number of methoxy groups -OCH3 is 1. The predicted octanol–water partition coefficient (Wildman–Crippen LogP) is 4.07. The molecule has 0 amide bonds. The number of nitrogens with zero attached hydrogens (tertiary/aromatic N) is 1. The lowest BCUT2D eigenvalue weighted by Gasteiger charge is -2.09. The third-order valence-electron chi connectivity index (χ3n) is 3.20. The molecule has 0 atom stereocenters. The van der Waals surface area contributed by atoms with E-state index in [1.54, 1.807) is 29.9 Å². The number of halogens is 2. The van der Waals surface area contributed by atoms with Gasteiger partial charge in [-0.3, -0.25) is 4.57 Å². The Balaban J connectivity index is 2.12. The van der Waals surface area contributed by atoms with Crippen LogP contribution in [0.4, 0.5) is 0 Å². The summed E-state index contributed by atoms with van der Waals surface area (Å²) in [5, 5.41) is 0.531. The maximum absolute atomic E-state index is 12.0. The van der Waals surface area contributed by atoms with Gasteiger partial charge in [0.15, 0.2) is 5.58 Å². The van der Waals surface area contributed by atoms with E-state index in [9.17, 15) is 4.79 Å². The molecule has 0 saturated carbocycles. The van der Waals surface area contributed by atoms with E-state index in [2.05, 4.69) is 15.9 Å². The minimum atomic E-state index is -0.422. The first-order valence-corrected chi connectivity index (χ1v) is 7.37. The van der Waals surface area contributed by atoms with Gasteiger partial charge in [0.25, 0.3) is 0 Å². The van der Waals surface area contributed by atoms with Crippen LogP contribution in [0.2, 0.25) is 5.02 Å². The molecule has 1 heterocycles. The fourth-order valence-corrected chi connectivity index (χ4v) is 2.80. The molecule has 0 aliphatic rings. The Morgan fingerprint density at radius 2 is 2.10 bits per heavy atom. The summed E-state index contributed by atoms with van der Waals surface area (Å²) in [5.74, 6) is 0.294. The van der Waals surface area contributed by atoms with E-state index in [1.807, 2.05) is 18.2 Å². The van der Waals surface area contributed by atoms with Gasteiger partial charge in [-0.25, -0.2) is 4.79 Å². The molecule has 3 aromatic rings. The highest BCUT2D eigenvalue weighted by atomic mass is 79.9. The molecule has 0 spiro atoms. The molecule has 0 fully saturated rings. The lowest BCUT2D eigenvalue weighted by atomic mass is 10.2. The summed E-state index contributed by atoms with van der Waals surface area (Å²) in [6.07, 6.45) is 0. The van der Waals surface area contributed by atoms with Crippen LogP contribution in [0.3, 0.4) is 0 Å². The van der Waals surface area contributed by atoms with Crippen molar-refractivity contribution in [3.8, 4) is 5.75 Å². The number of aromatic nitrogens is 1. The van der Waals surface area contributed by atoms with Crippen molar-refractivity contribution >= 4 is 38.6 Å². The van der Waals surface area contributed by atoms with Gasteiger partial charge in [0.2, 0.25) is 0 Å². The summed E-state index contributed by atoms with van der Waals surface area (Å²) in [6.45, 7) is 0.357. The average Bonchev–Trinajstić information content (AvgIpc) is 2.74. The van der Waals surface area contributed by atoms with Crippen molar-refractivity contribution < 1.29 is 9.15 Å². The van der Waals surface area contributed by atoms with Crippen molar-refractivity contribution in [3.63, 3.8) is 0 Å². The molecule has 0 unspecified atom stereocenters. The first kappa shape index (κ1) is 14.2. The van der Waals surface area contributed by atoms with E-state index in [4.69, 9.17) is 20.8 Å². The molecule has 6 heteroatoms. The first-order chi connectivity index (χ1) is 10.1. The molecule has 0 bridgehead atoms. The van der Waals surface area contributed by atoms with Crippen LogP contribution < -0.4 is 10.5 Å². The topological polar surface area (TPSA) is 44.4 Å². The third-order valence-corrected chi connectivity index (χ3v) is 3.93. The second kappa shape index (κ2) is 5.58. The zero-order valence-electron chi connectivity index (χ0n) is 11.1. The maximum atomic E-state index is 12.0. The summed E-state index contributed by atoms with van der Waals surface area (Å²) < 4.78 is 13.0. The van der Waals surface area contributed by atoms with E-state index in [0.717, 1.165) is 10.0 Å². The van der Waals surface area contributed by atoms with Crippen molar-refractivity contribution in [3.05, 3.63) is 62.0 Å². The van der Waals surface area contributed by atoms with Crippen LogP contribution in [-0.4, -0.2) is 11.7 Å². The van der Waals surface area contributed by atoms with Crippen molar-refractivity contribution in [2.24, 2.45) is 0 Å². The molecular weight excluding hydrogens is 358 g/mol. The predicted molar refractivity (Wildman–Crippen MR) is 85.3 cm³/mol. The molecule has 108 valence electrons. The Morgan fingerprint density at radius 1 is 1.29 bits per heavy atom. The number of ether oxygens (including phenoxy) is 1. The third kappa shape index (κ3) is 2.71. The van der Waals surface area contributed by atoms with Crippen LogP contribution in [0.5, 0.6) is 5.75 Å². The second-order valence-electron chi connectivity index (χ2n) is 4.52. The van der Waals surface area contributed by atoms with Gasteiger partial charge in [0.1, 0.15) is 5.75 Å². The summed E-state index contributed by atoms with van der Waals surface area (Å²) in [5.41, 5.74) is 2.06. The molecular formula is C15H11BrClNO3. The van der Waals surface area contributed by atoms with Crippen molar-refractivity contribution in [2.45, 2.75) is 6.54 Å². The standard InChI is InChI=1S/C15H11BrClNO3/c1-20-13-5-2-10(16)6-9(13)8-18-12-4-3-11(17)7-14(12)21-15(18)19/h2-7H,8H2,1H3. The van der Waals surface area contributed by atoms with E-state index in [1.165, 1.54) is 0 Å². The molecule has 21 heavy (non-hydrogen) atoms. The highest BCUT2D eigenvalue weighted by molar-refractivity contribution is 9.10. The lowest BCUT2D eigenvalue weighted by molar-refractivity contribution is 0.407. The van der Waals surface area contributed by atoms with Gasteiger partial charge >= 0.3 is 5.76 Å². The highest BCUT2D eigenvalue weighted by Crippen LogP contribution is 2.25. The Labute approximate surface area is 134 Å². The normalized spacial score (nSPS) is 11.0. The summed E-state index contributed by atoms with van der Waals surface area (Å²) in [7, 11) is 1.60. The Bertz CT molecular complexity index is 869. The largest absolute Gasteiger partial charge is 0.496 e. The number of benzene rings is 2. The van der Waals surface area contributed by atoms with Crippen LogP contribution >= 0.6 is 27.5 Å². The van der Waals surface area contributed by atoms with Crippen molar-refractivity contribution in [2.75, 3.05) is 7.11 Å². The van der Waals surface area contributed by atoms with Crippen LogP contribution in [-0.2, 0) is 6.54 Å². The molecule has 0 N–H and O–H groups in total. The summed E-state index contributed by atoms with van der Waals surface area (Å²) in [4.78, 5) is 12.0. The average molecular weight is 369 g/mol. The van der Waals surface area contributed by atoms with E-state index >= 15 is 0 Å². The maximum Gasteiger partial charge on any atom is 0.420 e. The molecule has 2 aromatic carbocycles. The van der Waals surface area contributed by atoms with E-state index in [0.29, 0.717) is 28.4 Å². The van der Waals surface area contributed by atoms with Crippen LogP contribution in [0.25, 0.3) is 11.1 Å².